The minimum Gasteiger partial charge on any atom is -0.378 e. The van der Waals surface area contributed by atoms with Crippen LogP contribution in [0, 0.1) is 11.8 Å². The molecule has 4 heteroatoms. The fourth-order valence-corrected chi connectivity index (χ4v) is 3.12. The van der Waals surface area contributed by atoms with E-state index in [0.717, 1.165) is 26.1 Å². The van der Waals surface area contributed by atoms with Gasteiger partial charge < -0.3 is 15.0 Å². The van der Waals surface area contributed by atoms with Gasteiger partial charge in [0.2, 0.25) is 5.91 Å². The van der Waals surface area contributed by atoms with Crippen molar-refractivity contribution >= 4 is 5.91 Å². The Labute approximate surface area is 116 Å². The number of amides is 1. The number of ether oxygens (including phenoxy) is 1. The van der Waals surface area contributed by atoms with Gasteiger partial charge in [-0.3, -0.25) is 4.79 Å². The summed E-state index contributed by atoms with van der Waals surface area (Å²) in [6.07, 6.45) is 3.54. The van der Waals surface area contributed by atoms with Crippen LogP contribution in [0.1, 0.15) is 40.0 Å². The van der Waals surface area contributed by atoms with Crippen LogP contribution in [-0.2, 0) is 9.53 Å². The minimum absolute atomic E-state index is 0.0788. The highest BCUT2D eigenvalue weighted by Crippen LogP contribution is 2.22. The molecule has 0 bridgehead atoms. The molecule has 0 aromatic carbocycles. The first-order valence-electron chi connectivity index (χ1n) is 7.70. The van der Waals surface area contributed by atoms with Crippen LogP contribution < -0.4 is 5.32 Å². The molecular formula is C15H28N2O2. The van der Waals surface area contributed by atoms with Crippen LogP contribution in [0.3, 0.4) is 0 Å². The van der Waals surface area contributed by atoms with Gasteiger partial charge in [-0.2, -0.15) is 0 Å². The molecule has 19 heavy (non-hydrogen) atoms. The molecule has 1 N–H and O–H groups in total. The van der Waals surface area contributed by atoms with E-state index < -0.39 is 0 Å². The Morgan fingerprint density at radius 2 is 2.26 bits per heavy atom. The average molecular weight is 268 g/mol. The van der Waals surface area contributed by atoms with E-state index >= 15 is 0 Å². The maximum Gasteiger partial charge on any atom is 0.228 e. The molecule has 0 saturated carbocycles. The molecule has 110 valence electrons. The summed E-state index contributed by atoms with van der Waals surface area (Å²) in [6, 6.07) is 0.488. The number of nitrogens with zero attached hydrogens (tertiary/aromatic N) is 1. The van der Waals surface area contributed by atoms with E-state index in [0.29, 0.717) is 24.5 Å². The van der Waals surface area contributed by atoms with Crippen LogP contribution >= 0.6 is 0 Å². The number of hydrogen-bond donors (Lipinski definition) is 1. The summed E-state index contributed by atoms with van der Waals surface area (Å²) in [4.78, 5) is 14.7. The van der Waals surface area contributed by atoms with Crippen LogP contribution in [0.25, 0.3) is 0 Å². The van der Waals surface area contributed by atoms with Gasteiger partial charge in [-0.15, -0.1) is 0 Å². The lowest BCUT2D eigenvalue weighted by Crippen LogP contribution is -2.45. The molecule has 2 aliphatic rings. The van der Waals surface area contributed by atoms with Crippen molar-refractivity contribution in [3.05, 3.63) is 0 Å². The van der Waals surface area contributed by atoms with Crippen molar-refractivity contribution in [3.8, 4) is 0 Å². The van der Waals surface area contributed by atoms with E-state index in [1.54, 1.807) is 0 Å². The normalized spacial score (nSPS) is 31.1. The maximum atomic E-state index is 12.6. The summed E-state index contributed by atoms with van der Waals surface area (Å²) in [5.74, 6) is 0.895. The zero-order valence-corrected chi connectivity index (χ0v) is 12.5. The van der Waals surface area contributed by atoms with Crippen LogP contribution in [0.4, 0.5) is 0 Å². The maximum absolute atomic E-state index is 12.6. The van der Waals surface area contributed by atoms with Crippen molar-refractivity contribution < 1.29 is 9.53 Å². The Balaban J connectivity index is 1.93. The predicted octanol–water partition coefficient (Wildman–Crippen LogP) is 1.65. The Hall–Kier alpha value is -0.610. The second kappa shape index (κ2) is 6.71. The molecule has 0 aromatic rings. The van der Waals surface area contributed by atoms with Crippen molar-refractivity contribution in [3.63, 3.8) is 0 Å². The monoisotopic (exact) mass is 268 g/mol. The second-order valence-corrected chi connectivity index (χ2v) is 6.51. The molecule has 0 radical (unpaired) electrons. The Bertz CT molecular complexity index is 301. The third kappa shape index (κ3) is 4.18. The highest BCUT2D eigenvalue weighted by Gasteiger charge is 2.32. The average Bonchev–Trinajstić information content (AvgIpc) is 2.98. The van der Waals surface area contributed by atoms with Gasteiger partial charge in [-0.25, -0.2) is 0 Å². The summed E-state index contributed by atoms with van der Waals surface area (Å²) in [5.41, 5.74) is 0. The molecular weight excluding hydrogens is 240 g/mol. The molecule has 2 aliphatic heterocycles. The molecule has 0 spiro atoms. The van der Waals surface area contributed by atoms with Crippen molar-refractivity contribution in [2.24, 2.45) is 11.8 Å². The van der Waals surface area contributed by atoms with Gasteiger partial charge in [0.25, 0.3) is 0 Å². The van der Waals surface area contributed by atoms with Crippen molar-refractivity contribution in [1.29, 1.82) is 0 Å². The fraction of sp³-hybridized carbons (Fsp3) is 0.933. The molecule has 2 heterocycles. The van der Waals surface area contributed by atoms with Crippen molar-refractivity contribution in [2.75, 3.05) is 26.2 Å². The van der Waals surface area contributed by atoms with E-state index in [2.05, 4.69) is 31.0 Å². The van der Waals surface area contributed by atoms with E-state index in [9.17, 15) is 4.79 Å². The highest BCUT2D eigenvalue weighted by molar-refractivity contribution is 5.79. The topological polar surface area (TPSA) is 41.6 Å². The first-order chi connectivity index (χ1) is 9.06. The molecule has 3 atom stereocenters. The fourth-order valence-electron chi connectivity index (χ4n) is 3.12. The van der Waals surface area contributed by atoms with Gasteiger partial charge in [0.1, 0.15) is 0 Å². The molecule has 3 unspecified atom stereocenters. The van der Waals surface area contributed by atoms with Gasteiger partial charge in [-0.05, 0) is 38.6 Å². The summed E-state index contributed by atoms with van der Waals surface area (Å²) >= 11 is 0. The zero-order valence-electron chi connectivity index (χ0n) is 12.5. The SMILES string of the molecule is CC(C)CN(CC1CCCN1)C(=O)C1COC(C)C1. The number of hydrogen-bond acceptors (Lipinski definition) is 3. The highest BCUT2D eigenvalue weighted by atomic mass is 16.5. The van der Waals surface area contributed by atoms with Crippen molar-refractivity contribution in [1.82, 2.24) is 10.2 Å². The van der Waals surface area contributed by atoms with Gasteiger partial charge in [0.05, 0.1) is 18.6 Å². The van der Waals surface area contributed by atoms with Gasteiger partial charge in [0.15, 0.2) is 0 Å². The minimum atomic E-state index is 0.0788. The van der Waals surface area contributed by atoms with Gasteiger partial charge in [0, 0.05) is 19.1 Å². The summed E-state index contributed by atoms with van der Waals surface area (Å²) in [5, 5.41) is 3.49. The quantitative estimate of drug-likeness (QED) is 0.824. The van der Waals surface area contributed by atoms with Crippen LogP contribution in [0.2, 0.25) is 0 Å². The molecule has 0 aliphatic carbocycles. The van der Waals surface area contributed by atoms with Gasteiger partial charge in [-0.1, -0.05) is 13.8 Å². The Kier molecular flexibility index (Phi) is 5.22. The number of carbonyl (C=O) groups excluding carboxylic acids is 1. The summed E-state index contributed by atoms with van der Waals surface area (Å²) in [6.45, 7) is 9.83. The van der Waals surface area contributed by atoms with Crippen molar-refractivity contribution in [2.45, 2.75) is 52.2 Å². The lowest BCUT2D eigenvalue weighted by Gasteiger charge is -2.29. The largest absolute Gasteiger partial charge is 0.378 e. The summed E-state index contributed by atoms with van der Waals surface area (Å²) < 4.78 is 5.55. The second-order valence-electron chi connectivity index (χ2n) is 6.51. The zero-order chi connectivity index (χ0) is 13.8. The van der Waals surface area contributed by atoms with Crippen LogP contribution in [0.5, 0.6) is 0 Å². The predicted molar refractivity (Wildman–Crippen MR) is 76.0 cm³/mol. The molecule has 2 fully saturated rings. The standard InChI is InChI=1S/C15H28N2O2/c1-11(2)8-17(9-14-5-4-6-16-14)15(18)13-7-12(3)19-10-13/h11-14,16H,4-10H2,1-3H3. The number of carbonyl (C=O) groups is 1. The first kappa shape index (κ1) is 14.8. The van der Waals surface area contributed by atoms with E-state index in [1.165, 1.54) is 12.8 Å². The first-order valence-corrected chi connectivity index (χ1v) is 7.70. The Morgan fingerprint density at radius 3 is 2.79 bits per heavy atom. The lowest BCUT2D eigenvalue weighted by molar-refractivity contribution is -0.136. The molecule has 2 saturated heterocycles. The van der Waals surface area contributed by atoms with Crippen LogP contribution in [-0.4, -0.2) is 49.2 Å². The van der Waals surface area contributed by atoms with Crippen LogP contribution in [0.15, 0.2) is 0 Å². The van der Waals surface area contributed by atoms with Gasteiger partial charge >= 0.3 is 0 Å². The molecule has 4 nitrogen and oxygen atoms in total. The summed E-state index contributed by atoms with van der Waals surface area (Å²) in [7, 11) is 0. The van der Waals surface area contributed by atoms with E-state index in [4.69, 9.17) is 4.74 Å². The number of nitrogens with one attached hydrogen (secondary N) is 1. The third-order valence-corrected chi connectivity index (χ3v) is 4.05. The molecule has 2 rings (SSSR count). The smallest absolute Gasteiger partial charge is 0.228 e. The number of rotatable bonds is 5. The van der Waals surface area contributed by atoms with E-state index in [1.807, 2.05) is 0 Å². The van der Waals surface area contributed by atoms with E-state index in [-0.39, 0.29) is 12.0 Å². The lowest BCUT2D eigenvalue weighted by atomic mass is 10.0. The molecule has 1 amide bonds. The third-order valence-electron chi connectivity index (χ3n) is 4.05. The molecule has 0 aromatic heterocycles. The Morgan fingerprint density at radius 1 is 1.47 bits per heavy atom.